The Kier molecular flexibility index (Phi) is 5.67. The summed E-state index contributed by atoms with van der Waals surface area (Å²) in [5.41, 5.74) is 0.229. The molecule has 0 amide bonds. The van der Waals surface area contributed by atoms with Crippen molar-refractivity contribution in [2.75, 3.05) is 46.9 Å². The molecule has 0 aromatic heterocycles. The van der Waals surface area contributed by atoms with E-state index in [1.54, 1.807) is 0 Å². The fourth-order valence-corrected chi connectivity index (χ4v) is 3.99. The second-order valence-electron chi connectivity index (χ2n) is 7.20. The van der Waals surface area contributed by atoms with E-state index < -0.39 is 0 Å². The maximum Gasteiger partial charge on any atom is 0.0499 e. The van der Waals surface area contributed by atoms with Gasteiger partial charge >= 0.3 is 0 Å². The lowest BCUT2D eigenvalue weighted by atomic mass is 9.74. The zero-order chi connectivity index (χ0) is 13.7. The van der Waals surface area contributed by atoms with Crippen molar-refractivity contribution in [3.63, 3.8) is 0 Å². The topological polar surface area (TPSA) is 26.7 Å². The molecule has 0 atom stereocenters. The van der Waals surface area contributed by atoms with Crippen LogP contribution < -0.4 is 0 Å². The molecular formula is C16H32N2O. The molecule has 19 heavy (non-hydrogen) atoms. The highest BCUT2D eigenvalue weighted by Crippen LogP contribution is 2.37. The van der Waals surface area contributed by atoms with Gasteiger partial charge in [0.2, 0.25) is 0 Å². The molecule has 3 heteroatoms. The Balaban J connectivity index is 1.77. The van der Waals surface area contributed by atoms with E-state index in [-0.39, 0.29) is 5.41 Å². The highest BCUT2D eigenvalue weighted by Gasteiger charge is 2.34. The summed E-state index contributed by atoms with van der Waals surface area (Å²) in [5, 5.41) is 9.81. The van der Waals surface area contributed by atoms with E-state index in [0.29, 0.717) is 6.61 Å². The van der Waals surface area contributed by atoms with Crippen LogP contribution in [0.4, 0.5) is 0 Å². The molecule has 0 radical (unpaired) electrons. The summed E-state index contributed by atoms with van der Waals surface area (Å²) >= 11 is 0. The predicted molar refractivity (Wildman–Crippen MR) is 80.3 cm³/mol. The largest absolute Gasteiger partial charge is 0.396 e. The summed E-state index contributed by atoms with van der Waals surface area (Å²) in [7, 11) is 4.35. The van der Waals surface area contributed by atoms with E-state index in [4.69, 9.17) is 0 Å². The first kappa shape index (κ1) is 15.3. The normalized spacial score (nSPS) is 25.9. The van der Waals surface area contributed by atoms with Gasteiger partial charge in [-0.15, -0.1) is 0 Å². The number of aliphatic hydroxyl groups excluding tert-OH is 1. The molecule has 112 valence electrons. The van der Waals surface area contributed by atoms with E-state index in [0.717, 1.165) is 12.5 Å². The molecule has 0 bridgehead atoms. The van der Waals surface area contributed by atoms with Gasteiger partial charge in [0.15, 0.2) is 0 Å². The maximum absolute atomic E-state index is 9.81. The zero-order valence-electron chi connectivity index (χ0n) is 12.9. The van der Waals surface area contributed by atoms with Crippen molar-refractivity contribution < 1.29 is 5.11 Å². The second-order valence-corrected chi connectivity index (χ2v) is 7.20. The number of piperidine rings is 1. The van der Waals surface area contributed by atoms with Crippen LogP contribution in [0.5, 0.6) is 0 Å². The Bertz CT molecular complexity index is 253. The Morgan fingerprint density at radius 3 is 2.26 bits per heavy atom. The number of aliphatic hydroxyl groups is 1. The number of nitrogens with zero attached hydrogens (tertiary/aromatic N) is 2. The predicted octanol–water partition coefficient (Wildman–Crippen LogP) is 2.20. The Hall–Kier alpha value is -0.120. The first-order valence-electron chi connectivity index (χ1n) is 8.11. The van der Waals surface area contributed by atoms with E-state index in [1.165, 1.54) is 64.6 Å². The number of likely N-dealkylation sites (tertiary alicyclic amines) is 1. The molecule has 0 spiro atoms. The van der Waals surface area contributed by atoms with Gasteiger partial charge in [0, 0.05) is 25.1 Å². The van der Waals surface area contributed by atoms with Crippen LogP contribution in [0, 0.1) is 11.3 Å². The van der Waals surface area contributed by atoms with Crippen LogP contribution in [0.1, 0.15) is 44.9 Å². The number of hydrogen-bond donors (Lipinski definition) is 1. The van der Waals surface area contributed by atoms with Crippen molar-refractivity contribution in [2.45, 2.75) is 44.9 Å². The van der Waals surface area contributed by atoms with Crippen molar-refractivity contribution in [1.82, 2.24) is 9.80 Å². The minimum atomic E-state index is 0.229. The summed E-state index contributed by atoms with van der Waals surface area (Å²) in [4.78, 5) is 4.93. The van der Waals surface area contributed by atoms with Gasteiger partial charge in [0.1, 0.15) is 0 Å². The lowest BCUT2D eigenvalue weighted by molar-refractivity contribution is 0.0270. The fraction of sp³-hybridized carbons (Fsp3) is 1.00. The lowest BCUT2D eigenvalue weighted by Crippen LogP contribution is -2.45. The highest BCUT2D eigenvalue weighted by atomic mass is 16.3. The van der Waals surface area contributed by atoms with E-state index in [9.17, 15) is 5.11 Å². The van der Waals surface area contributed by atoms with Gasteiger partial charge in [-0.25, -0.2) is 0 Å². The molecule has 0 unspecified atom stereocenters. The summed E-state index contributed by atoms with van der Waals surface area (Å²) in [6.07, 6.45) is 9.14. The third-order valence-electron chi connectivity index (χ3n) is 5.14. The number of hydrogen-bond acceptors (Lipinski definition) is 3. The summed E-state index contributed by atoms with van der Waals surface area (Å²) < 4.78 is 0. The first-order valence-corrected chi connectivity index (χ1v) is 8.11. The molecule has 0 aromatic carbocycles. The van der Waals surface area contributed by atoms with Crippen molar-refractivity contribution >= 4 is 0 Å². The monoisotopic (exact) mass is 268 g/mol. The summed E-state index contributed by atoms with van der Waals surface area (Å²) in [6, 6.07) is 0. The van der Waals surface area contributed by atoms with Crippen LogP contribution in [-0.2, 0) is 0 Å². The summed E-state index contributed by atoms with van der Waals surface area (Å²) in [6.45, 7) is 5.24. The molecule has 1 aliphatic heterocycles. The smallest absolute Gasteiger partial charge is 0.0499 e. The average molecular weight is 268 g/mol. The molecule has 3 nitrogen and oxygen atoms in total. The molecule has 2 fully saturated rings. The average Bonchev–Trinajstić information content (AvgIpc) is 2.41. The van der Waals surface area contributed by atoms with Gasteiger partial charge < -0.3 is 14.9 Å². The quantitative estimate of drug-likeness (QED) is 0.828. The van der Waals surface area contributed by atoms with Crippen molar-refractivity contribution in [3.8, 4) is 0 Å². The fourth-order valence-electron chi connectivity index (χ4n) is 3.99. The maximum atomic E-state index is 9.81. The van der Waals surface area contributed by atoms with Gasteiger partial charge in [-0.3, -0.25) is 0 Å². The van der Waals surface area contributed by atoms with Crippen LogP contribution in [0.15, 0.2) is 0 Å². The molecule has 1 N–H and O–H groups in total. The minimum absolute atomic E-state index is 0.229. The van der Waals surface area contributed by atoms with Crippen LogP contribution in [0.2, 0.25) is 0 Å². The molecule has 1 saturated carbocycles. The Morgan fingerprint density at radius 2 is 1.74 bits per heavy atom. The van der Waals surface area contributed by atoms with Crippen LogP contribution in [-0.4, -0.2) is 61.8 Å². The van der Waals surface area contributed by atoms with Crippen LogP contribution >= 0.6 is 0 Å². The van der Waals surface area contributed by atoms with Gasteiger partial charge in [-0.05, 0) is 58.8 Å². The van der Waals surface area contributed by atoms with E-state index in [2.05, 4.69) is 23.9 Å². The van der Waals surface area contributed by atoms with Crippen molar-refractivity contribution in [3.05, 3.63) is 0 Å². The van der Waals surface area contributed by atoms with E-state index >= 15 is 0 Å². The summed E-state index contributed by atoms with van der Waals surface area (Å²) in [5.74, 6) is 0.877. The van der Waals surface area contributed by atoms with Gasteiger partial charge in [-0.2, -0.15) is 0 Å². The SMILES string of the molecule is CN(C)CC1CCN(CC2(CO)CCCCC2)CC1. The molecule has 2 aliphatic rings. The molecular weight excluding hydrogens is 236 g/mol. The van der Waals surface area contributed by atoms with Gasteiger partial charge in [0.25, 0.3) is 0 Å². The highest BCUT2D eigenvalue weighted by molar-refractivity contribution is 4.87. The van der Waals surface area contributed by atoms with Gasteiger partial charge in [0.05, 0.1) is 0 Å². The third kappa shape index (κ3) is 4.44. The third-order valence-corrected chi connectivity index (χ3v) is 5.14. The molecule has 1 aliphatic carbocycles. The molecule has 1 saturated heterocycles. The lowest BCUT2D eigenvalue weighted by Gasteiger charge is -2.42. The molecule has 0 aromatic rings. The van der Waals surface area contributed by atoms with Crippen molar-refractivity contribution in [1.29, 1.82) is 0 Å². The minimum Gasteiger partial charge on any atom is -0.396 e. The second kappa shape index (κ2) is 7.05. The van der Waals surface area contributed by atoms with E-state index in [1.807, 2.05) is 0 Å². The standard InChI is InChI=1S/C16H32N2O/c1-17(2)12-15-6-10-18(11-7-15)13-16(14-19)8-4-3-5-9-16/h15,19H,3-14H2,1-2H3. The van der Waals surface area contributed by atoms with Gasteiger partial charge in [-0.1, -0.05) is 19.3 Å². The van der Waals surface area contributed by atoms with Crippen molar-refractivity contribution in [2.24, 2.45) is 11.3 Å². The van der Waals surface area contributed by atoms with Crippen LogP contribution in [0.25, 0.3) is 0 Å². The zero-order valence-corrected chi connectivity index (χ0v) is 12.9. The van der Waals surface area contributed by atoms with Crippen LogP contribution in [0.3, 0.4) is 0 Å². The Morgan fingerprint density at radius 1 is 1.11 bits per heavy atom. The number of rotatable bonds is 5. The Labute approximate surface area is 119 Å². The molecule has 1 heterocycles. The first-order chi connectivity index (χ1) is 9.13. The molecule has 2 rings (SSSR count).